The Morgan fingerprint density at radius 2 is 1.69 bits per heavy atom. The number of halogens is 2. The maximum atomic E-state index is 14.1. The van der Waals surface area contributed by atoms with Crippen molar-refractivity contribution in [2.24, 2.45) is 0 Å². The van der Waals surface area contributed by atoms with Crippen molar-refractivity contribution < 1.29 is 17.8 Å². The predicted octanol–water partition coefficient (Wildman–Crippen LogP) is 4.16. The fourth-order valence-electron chi connectivity index (χ4n) is 2.97. The largest absolute Gasteiger partial charge is 0.322 e. The van der Waals surface area contributed by atoms with E-state index in [4.69, 9.17) is 0 Å². The fraction of sp³-hybridized carbons (Fsp3) is 0.316. The van der Waals surface area contributed by atoms with Crippen LogP contribution in [0.4, 0.5) is 14.5 Å². The van der Waals surface area contributed by atoms with Crippen molar-refractivity contribution in [3.05, 3.63) is 59.7 Å². The number of hydrogen-bond donors (Lipinski definition) is 2. The number of benzene rings is 2. The second-order valence-electron chi connectivity index (χ2n) is 6.32. The fourth-order valence-corrected chi connectivity index (χ4v) is 4.06. The first kappa shape index (κ1) is 18.7. The van der Waals surface area contributed by atoms with Gasteiger partial charge in [0, 0.05) is 11.7 Å². The van der Waals surface area contributed by atoms with Crippen molar-refractivity contribution in [2.45, 2.75) is 43.0 Å². The quantitative estimate of drug-likeness (QED) is 0.821. The van der Waals surface area contributed by atoms with E-state index in [1.54, 1.807) is 0 Å². The highest BCUT2D eigenvalue weighted by Crippen LogP contribution is 2.20. The van der Waals surface area contributed by atoms with Gasteiger partial charge in [0.2, 0.25) is 0 Å². The zero-order chi connectivity index (χ0) is 18.5. The molecular weight excluding hydrogens is 358 g/mol. The molecule has 1 unspecified atom stereocenters. The lowest BCUT2D eigenvalue weighted by atomic mass is 9.96. The summed E-state index contributed by atoms with van der Waals surface area (Å²) in [4.78, 5) is 12.7. The Labute approximate surface area is 153 Å². The second-order valence-corrected chi connectivity index (χ2v) is 7.57. The minimum Gasteiger partial charge on any atom is -0.322 e. The summed E-state index contributed by atoms with van der Waals surface area (Å²) in [6.07, 6.45) is 5.32. The molecule has 26 heavy (non-hydrogen) atoms. The summed E-state index contributed by atoms with van der Waals surface area (Å²) in [5.41, 5.74) is 0.147. The maximum absolute atomic E-state index is 14.1. The van der Waals surface area contributed by atoms with Crippen LogP contribution in [-0.2, 0) is 11.0 Å². The Balaban J connectivity index is 1.72. The van der Waals surface area contributed by atoms with Gasteiger partial charge in [-0.3, -0.25) is 4.79 Å². The van der Waals surface area contributed by atoms with E-state index in [1.165, 1.54) is 42.8 Å². The summed E-state index contributed by atoms with van der Waals surface area (Å²) in [7, 11) is -1.51. The van der Waals surface area contributed by atoms with Gasteiger partial charge in [0.05, 0.1) is 10.5 Å². The third-order valence-corrected chi connectivity index (χ3v) is 5.61. The van der Waals surface area contributed by atoms with E-state index in [9.17, 15) is 17.8 Å². The highest BCUT2D eigenvalue weighted by atomic mass is 32.2. The summed E-state index contributed by atoms with van der Waals surface area (Å²) < 4.78 is 42.6. The molecule has 0 radical (unpaired) electrons. The van der Waals surface area contributed by atoms with Gasteiger partial charge in [0.1, 0.15) is 22.6 Å². The monoisotopic (exact) mass is 378 g/mol. The van der Waals surface area contributed by atoms with Crippen LogP contribution in [0.15, 0.2) is 47.4 Å². The van der Waals surface area contributed by atoms with E-state index in [-0.39, 0.29) is 11.6 Å². The van der Waals surface area contributed by atoms with Gasteiger partial charge in [-0.2, -0.15) is 0 Å². The van der Waals surface area contributed by atoms with Crippen molar-refractivity contribution in [3.8, 4) is 0 Å². The van der Waals surface area contributed by atoms with Gasteiger partial charge >= 0.3 is 0 Å². The molecule has 0 bridgehead atoms. The molecule has 2 aromatic rings. The highest BCUT2D eigenvalue weighted by molar-refractivity contribution is 7.83. The van der Waals surface area contributed by atoms with Crippen molar-refractivity contribution in [1.29, 1.82) is 0 Å². The average Bonchev–Trinajstić information content (AvgIpc) is 2.64. The minimum absolute atomic E-state index is 0.172. The van der Waals surface area contributed by atoms with Crippen molar-refractivity contribution >= 4 is 22.6 Å². The average molecular weight is 378 g/mol. The van der Waals surface area contributed by atoms with Crippen LogP contribution in [-0.4, -0.2) is 16.2 Å². The molecule has 0 aliphatic heterocycles. The van der Waals surface area contributed by atoms with Crippen LogP contribution in [0.5, 0.6) is 0 Å². The molecule has 1 saturated carbocycles. The van der Waals surface area contributed by atoms with Crippen molar-refractivity contribution in [2.75, 3.05) is 5.32 Å². The molecule has 1 atom stereocenters. The summed E-state index contributed by atoms with van der Waals surface area (Å²) in [5.74, 6) is -1.81. The summed E-state index contributed by atoms with van der Waals surface area (Å²) in [5, 5.41) is 2.51. The van der Waals surface area contributed by atoms with Crippen LogP contribution < -0.4 is 10.0 Å². The summed E-state index contributed by atoms with van der Waals surface area (Å²) >= 11 is 0. The molecule has 1 fully saturated rings. The van der Waals surface area contributed by atoms with E-state index < -0.39 is 28.5 Å². The number of anilines is 1. The lowest BCUT2D eigenvalue weighted by Gasteiger charge is -2.22. The zero-order valence-electron chi connectivity index (χ0n) is 14.1. The van der Waals surface area contributed by atoms with Crippen LogP contribution in [0.3, 0.4) is 0 Å². The van der Waals surface area contributed by atoms with Gasteiger partial charge in [-0.15, -0.1) is 0 Å². The zero-order valence-corrected chi connectivity index (χ0v) is 15.0. The first-order valence-corrected chi connectivity index (χ1v) is 9.72. The Bertz CT molecular complexity index is 806. The third kappa shape index (κ3) is 4.74. The topological polar surface area (TPSA) is 58.2 Å². The molecule has 3 rings (SSSR count). The number of carbonyl (C=O) groups is 1. The number of rotatable bonds is 5. The van der Waals surface area contributed by atoms with E-state index >= 15 is 0 Å². The highest BCUT2D eigenvalue weighted by Gasteiger charge is 2.19. The minimum atomic E-state index is -1.51. The molecule has 0 spiro atoms. The Hall–Kier alpha value is -2.12. The van der Waals surface area contributed by atoms with E-state index in [0.717, 1.165) is 31.7 Å². The van der Waals surface area contributed by atoms with Gasteiger partial charge < -0.3 is 5.32 Å². The van der Waals surface area contributed by atoms with Gasteiger partial charge in [-0.1, -0.05) is 19.3 Å². The number of carbonyl (C=O) groups excluding carboxylic acids is 1. The first-order chi connectivity index (χ1) is 12.5. The lowest BCUT2D eigenvalue weighted by Crippen LogP contribution is -2.32. The van der Waals surface area contributed by atoms with Gasteiger partial charge in [0.25, 0.3) is 5.91 Å². The van der Waals surface area contributed by atoms with Crippen LogP contribution >= 0.6 is 0 Å². The second kappa shape index (κ2) is 8.51. The van der Waals surface area contributed by atoms with E-state index in [0.29, 0.717) is 10.6 Å². The number of nitrogens with one attached hydrogen (secondary N) is 2. The smallest absolute Gasteiger partial charge is 0.258 e. The summed E-state index contributed by atoms with van der Waals surface area (Å²) in [6.45, 7) is 0. The van der Waals surface area contributed by atoms with Crippen LogP contribution in [0.1, 0.15) is 42.5 Å². The Morgan fingerprint density at radius 3 is 2.38 bits per heavy atom. The Kier molecular flexibility index (Phi) is 6.11. The SMILES string of the molecule is O=C(Nc1ccc(F)cc1)c1cc(S(=O)NC2CCCCC2)ccc1F. The molecule has 0 aromatic heterocycles. The molecule has 1 aliphatic rings. The van der Waals surface area contributed by atoms with Crippen LogP contribution in [0.2, 0.25) is 0 Å². The maximum Gasteiger partial charge on any atom is 0.258 e. The van der Waals surface area contributed by atoms with Crippen LogP contribution in [0, 0.1) is 11.6 Å². The van der Waals surface area contributed by atoms with Gasteiger partial charge in [-0.05, 0) is 55.3 Å². The summed E-state index contributed by atoms with van der Waals surface area (Å²) in [6, 6.07) is 9.18. The van der Waals surface area contributed by atoms with Crippen molar-refractivity contribution in [3.63, 3.8) is 0 Å². The third-order valence-electron chi connectivity index (χ3n) is 4.38. The molecule has 0 heterocycles. The first-order valence-electron chi connectivity index (χ1n) is 8.57. The van der Waals surface area contributed by atoms with Gasteiger partial charge in [-0.25, -0.2) is 17.7 Å². The molecule has 1 aliphatic carbocycles. The normalized spacial score (nSPS) is 16.2. The van der Waals surface area contributed by atoms with E-state index in [2.05, 4.69) is 10.0 Å². The van der Waals surface area contributed by atoms with Gasteiger partial charge in [0.15, 0.2) is 0 Å². The molecular formula is C19H20F2N2O2S. The van der Waals surface area contributed by atoms with Crippen LogP contribution in [0.25, 0.3) is 0 Å². The standard InChI is InChI=1S/C19H20F2N2O2S/c20-13-6-8-14(9-7-13)22-19(24)17-12-16(10-11-18(17)21)26(25)23-15-4-2-1-3-5-15/h6-12,15,23H,1-5H2,(H,22,24). The predicted molar refractivity (Wildman–Crippen MR) is 97.2 cm³/mol. The molecule has 0 saturated heterocycles. The lowest BCUT2D eigenvalue weighted by molar-refractivity contribution is 0.102. The molecule has 2 aromatic carbocycles. The van der Waals surface area contributed by atoms with E-state index in [1.807, 2.05) is 0 Å². The Morgan fingerprint density at radius 1 is 1.00 bits per heavy atom. The molecule has 2 N–H and O–H groups in total. The molecule has 1 amide bonds. The number of hydrogen-bond acceptors (Lipinski definition) is 2. The number of amides is 1. The molecule has 138 valence electrons. The molecule has 4 nitrogen and oxygen atoms in total. The molecule has 7 heteroatoms. The van der Waals surface area contributed by atoms with Crippen molar-refractivity contribution in [1.82, 2.24) is 4.72 Å².